The molecular formula is C19H23N5O7. The molecule has 3 aromatic rings. The van der Waals surface area contributed by atoms with E-state index in [0.717, 1.165) is 0 Å². The first-order chi connectivity index (χ1) is 14.9. The lowest BCUT2D eigenvalue weighted by atomic mass is 10.1. The van der Waals surface area contributed by atoms with Crippen molar-refractivity contribution in [2.24, 2.45) is 0 Å². The summed E-state index contributed by atoms with van der Waals surface area (Å²) >= 11 is 0. The lowest BCUT2D eigenvalue weighted by Crippen LogP contribution is -2.33. The summed E-state index contributed by atoms with van der Waals surface area (Å²) in [6.07, 6.45) is -1.42. The summed E-state index contributed by atoms with van der Waals surface area (Å²) in [6.45, 7) is 0.141. The molecule has 1 aromatic carbocycles. The van der Waals surface area contributed by atoms with E-state index < -0.39 is 24.5 Å². The van der Waals surface area contributed by atoms with Gasteiger partial charge in [-0.3, -0.25) is 4.57 Å². The van der Waals surface area contributed by atoms with Crippen molar-refractivity contribution in [3.8, 4) is 17.2 Å². The second-order valence-electron chi connectivity index (χ2n) is 6.99. The Morgan fingerprint density at radius 2 is 1.81 bits per heavy atom. The van der Waals surface area contributed by atoms with Gasteiger partial charge in [0.2, 0.25) is 5.75 Å². The van der Waals surface area contributed by atoms with Crippen LogP contribution in [0, 0.1) is 0 Å². The van der Waals surface area contributed by atoms with E-state index in [4.69, 9.17) is 24.7 Å². The van der Waals surface area contributed by atoms with Gasteiger partial charge in [0.25, 0.3) is 0 Å². The van der Waals surface area contributed by atoms with E-state index in [1.807, 2.05) is 0 Å². The summed E-state index contributed by atoms with van der Waals surface area (Å²) in [7, 11) is 2.86. The highest BCUT2D eigenvalue weighted by atomic mass is 16.6. The second kappa shape index (κ2) is 8.51. The number of rotatable bonds is 7. The third-order valence-corrected chi connectivity index (χ3v) is 5.09. The van der Waals surface area contributed by atoms with Gasteiger partial charge in [-0.2, -0.15) is 0 Å². The third-order valence-electron chi connectivity index (χ3n) is 5.09. The fourth-order valence-electron chi connectivity index (χ4n) is 3.48. The Morgan fingerprint density at radius 3 is 2.48 bits per heavy atom. The van der Waals surface area contributed by atoms with Crippen molar-refractivity contribution in [3.05, 3.63) is 30.4 Å². The number of anilines is 1. The van der Waals surface area contributed by atoms with Gasteiger partial charge in [-0.05, 0) is 17.7 Å². The Morgan fingerprint density at radius 1 is 1.10 bits per heavy atom. The zero-order valence-electron chi connectivity index (χ0n) is 16.9. The fraction of sp³-hybridized carbons (Fsp3) is 0.421. The molecule has 0 bridgehead atoms. The number of hydrogen-bond donors (Lipinski definition) is 4. The molecule has 2 aromatic heterocycles. The number of benzene rings is 1. The zero-order valence-corrected chi connectivity index (χ0v) is 16.9. The minimum absolute atomic E-state index is 0.00396. The fourth-order valence-corrected chi connectivity index (χ4v) is 3.48. The molecule has 0 saturated carbocycles. The summed E-state index contributed by atoms with van der Waals surface area (Å²) in [4.78, 5) is 12.2. The monoisotopic (exact) mass is 433 g/mol. The highest BCUT2D eigenvalue weighted by molar-refractivity contribution is 5.81. The van der Waals surface area contributed by atoms with E-state index in [1.165, 1.54) is 31.4 Å². The average Bonchev–Trinajstić information content (AvgIpc) is 3.32. The predicted octanol–water partition coefficient (Wildman–Crippen LogP) is -0.0327. The number of phenols is 1. The highest BCUT2D eigenvalue weighted by Crippen LogP contribution is 2.37. The Bertz CT molecular complexity index is 1050. The van der Waals surface area contributed by atoms with Crippen LogP contribution in [-0.4, -0.2) is 74.0 Å². The third kappa shape index (κ3) is 3.81. The molecule has 1 aliphatic rings. The molecule has 12 heteroatoms. The van der Waals surface area contributed by atoms with Crippen molar-refractivity contribution in [3.63, 3.8) is 0 Å². The van der Waals surface area contributed by atoms with Crippen LogP contribution in [0.4, 0.5) is 5.82 Å². The number of ether oxygens (including phenoxy) is 4. The first kappa shape index (κ1) is 21.1. The molecule has 31 heavy (non-hydrogen) atoms. The van der Waals surface area contributed by atoms with E-state index in [2.05, 4.69) is 15.0 Å². The van der Waals surface area contributed by atoms with Crippen LogP contribution in [0.15, 0.2) is 24.8 Å². The maximum absolute atomic E-state index is 10.5. The number of nitrogen functional groups attached to an aromatic ring is 1. The Labute approximate surface area is 176 Å². The summed E-state index contributed by atoms with van der Waals surface area (Å²) in [5.41, 5.74) is 7.24. The first-order valence-electron chi connectivity index (χ1n) is 9.40. The van der Waals surface area contributed by atoms with E-state index in [-0.39, 0.29) is 36.3 Å². The van der Waals surface area contributed by atoms with Crippen LogP contribution in [0.2, 0.25) is 0 Å². The molecule has 4 atom stereocenters. The van der Waals surface area contributed by atoms with E-state index in [0.29, 0.717) is 16.7 Å². The molecule has 0 unspecified atom stereocenters. The lowest BCUT2D eigenvalue weighted by Gasteiger charge is -2.16. The van der Waals surface area contributed by atoms with Crippen LogP contribution in [0.1, 0.15) is 11.8 Å². The number of phenolic OH excluding ortho intramolecular Hbond substituents is 1. The first-order valence-corrected chi connectivity index (χ1v) is 9.40. The summed E-state index contributed by atoms with van der Waals surface area (Å²) < 4.78 is 23.3. The smallest absolute Gasteiger partial charge is 0.200 e. The molecule has 0 spiro atoms. The van der Waals surface area contributed by atoms with E-state index in [1.54, 1.807) is 12.1 Å². The number of nitrogens with zero attached hydrogens (tertiary/aromatic N) is 4. The molecule has 0 amide bonds. The molecule has 1 aliphatic heterocycles. The molecule has 1 fully saturated rings. The van der Waals surface area contributed by atoms with E-state index in [9.17, 15) is 15.3 Å². The minimum atomic E-state index is -1.23. The Kier molecular flexibility index (Phi) is 5.78. The zero-order chi connectivity index (χ0) is 22.1. The molecule has 166 valence electrons. The van der Waals surface area contributed by atoms with Crippen LogP contribution >= 0.6 is 0 Å². The quantitative estimate of drug-likeness (QED) is 0.395. The maximum atomic E-state index is 10.5. The maximum Gasteiger partial charge on any atom is 0.200 e. The van der Waals surface area contributed by atoms with Crippen LogP contribution in [0.5, 0.6) is 17.2 Å². The van der Waals surface area contributed by atoms with Gasteiger partial charge in [-0.15, -0.1) is 0 Å². The predicted molar refractivity (Wildman–Crippen MR) is 107 cm³/mol. The molecule has 1 saturated heterocycles. The Balaban J connectivity index is 1.44. The summed E-state index contributed by atoms with van der Waals surface area (Å²) in [5, 5.41) is 30.9. The van der Waals surface area contributed by atoms with Gasteiger partial charge in [0.15, 0.2) is 29.2 Å². The van der Waals surface area contributed by atoms with Crippen LogP contribution in [0.25, 0.3) is 11.2 Å². The van der Waals surface area contributed by atoms with Crippen LogP contribution < -0.4 is 15.2 Å². The van der Waals surface area contributed by atoms with Gasteiger partial charge in [0.05, 0.1) is 33.8 Å². The average molecular weight is 433 g/mol. The van der Waals surface area contributed by atoms with Crippen molar-refractivity contribution >= 4 is 17.0 Å². The van der Waals surface area contributed by atoms with Crippen LogP contribution in [-0.2, 0) is 16.1 Å². The van der Waals surface area contributed by atoms with Crippen molar-refractivity contribution in [1.82, 2.24) is 19.5 Å². The number of aromatic hydroxyl groups is 1. The standard InChI is InChI=1S/C19H23N5O7/c1-28-10-3-9(4-11(29-2)14(10)25)5-30-6-12-15(26)16(27)19(31-12)24-8-23-13-17(20)21-7-22-18(13)24/h3-4,7-8,12,15-16,19,25-27H,5-6H2,1-2H3,(H2,20,21,22)/t12-,15-,16-,19-/m1/s1. The van der Waals surface area contributed by atoms with Crippen molar-refractivity contribution in [2.45, 2.75) is 31.1 Å². The molecular weight excluding hydrogens is 410 g/mol. The number of aliphatic hydroxyl groups is 2. The van der Waals surface area contributed by atoms with Gasteiger partial charge < -0.3 is 40.0 Å². The molecule has 3 heterocycles. The largest absolute Gasteiger partial charge is 0.502 e. The number of aliphatic hydroxyl groups excluding tert-OH is 2. The van der Waals surface area contributed by atoms with Crippen LogP contribution in [0.3, 0.4) is 0 Å². The highest BCUT2D eigenvalue weighted by Gasteiger charge is 2.44. The second-order valence-corrected chi connectivity index (χ2v) is 6.99. The topological polar surface area (TPSA) is 167 Å². The minimum Gasteiger partial charge on any atom is -0.502 e. The van der Waals surface area contributed by atoms with Gasteiger partial charge in [-0.25, -0.2) is 15.0 Å². The molecule has 12 nitrogen and oxygen atoms in total. The van der Waals surface area contributed by atoms with Crippen molar-refractivity contribution < 1.29 is 34.3 Å². The van der Waals surface area contributed by atoms with Gasteiger partial charge >= 0.3 is 0 Å². The molecule has 0 radical (unpaired) electrons. The van der Waals surface area contributed by atoms with Gasteiger partial charge in [0.1, 0.15) is 30.2 Å². The molecule has 0 aliphatic carbocycles. The number of imidazole rings is 1. The van der Waals surface area contributed by atoms with Gasteiger partial charge in [-0.1, -0.05) is 0 Å². The number of nitrogens with two attached hydrogens (primary N) is 1. The van der Waals surface area contributed by atoms with E-state index >= 15 is 0 Å². The number of fused-ring (bicyclic) bond motifs is 1. The Hall–Kier alpha value is -3.19. The number of methoxy groups -OCH3 is 2. The van der Waals surface area contributed by atoms with Crippen molar-refractivity contribution in [1.29, 1.82) is 0 Å². The molecule has 4 rings (SSSR count). The number of aromatic nitrogens is 4. The summed E-state index contributed by atoms with van der Waals surface area (Å²) in [5.74, 6) is 0.598. The van der Waals surface area contributed by atoms with Gasteiger partial charge in [0, 0.05) is 0 Å². The normalized spacial score (nSPS) is 23.4. The summed E-state index contributed by atoms with van der Waals surface area (Å²) in [6, 6.07) is 3.23. The lowest BCUT2D eigenvalue weighted by molar-refractivity contribution is -0.0683. The number of hydrogen-bond acceptors (Lipinski definition) is 11. The SMILES string of the molecule is COc1cc(COC[C@H]2O[C@@H](n3cnc4c(N)ncnc43)[C@H](O)[C@@H]2O)cc(OC)c1O. The molecule has 5 N–H and O–H groups in total. The van der Waals surface area contributed by atoms with Crippen molar-refractivity contribution in [2.75, 3.05) is 26.6 Å².